The van der Waals surface area contributed by atoms with Gasteiger partial charge in [0, 0.05) is 29.1 Å². The zero-order valence-corrected chi connectivity index (χ0v) is 11.3. The van der Waals surface area contributed by atoms with Gasteiger partial charge in [-0.3, -0.25) is 9.78 Å². The fourth-order valence-electron chi connectivity index (χ4n) is 2.13. The SMILES string of the molecule is CC1CN(C(=O)c2cnccn2)c2ccccc2S1. The van der Waals surface area contributed by atoms with Crippen molar-refractivity contribution < 1.29 is 4.79 Å². The molecule has 4 nitrogen and oxygen atoms in total. The molecular formula is C14H13N3OS. The van der Waals surface area contributed by atoms with Gasteiger partial charge in [0.2, 0.25) is 0 Å². The van der Waals surface area contributed by atoms with Crippen molar-refractivity contribution in [3.63, 3.8) is 0 Å². The molecule has 0 radical (unpaired) electrons. The van der Waals surface area contributed by atoms with Crippen LogP contribution >= 0.6 is 11.8 Å². The summed E-state index contributed by atoms with van der Waals surface area (Å²) in [6.07, 6.45) is 4.62. The third kappa shape index (κ3) is 2.33. The molecule has 3 rings (SSSR count). The van der Waals surface area contributed by atoms with Gasteiger partial charge in [-0.2, -0.15) is 0 Å². The molecule has 0 bridgehead atoms. The molecular weight excluding hydrogens is 258 g/mol. The highest BCUT2D eigenvalue weighted by Gasteiger charge is 2.28. The molecule has 19 heavy (non-hydrogen) atoms. The van der Waals surface area contributed by atoms with E-state index in [-0.39, 0.29) is 5.91 Å². The Morgan fingerprint density at radius 2 is 2.21 bits per heavy atom. The summed E-state index contributed by atoms with van der Waals surface area (Å²) in [5.74, 6) is -0.0901. The number of aromatic nitrogens is 2. The van der Waals surface area contributed by atoms with Gasteiger partial charge >= 0.3 is 0 Å². The van der Waals surface area contributed by atoms with E-state index >= 15 is 0 Å². The van der Waals surface area contributed by atoms with Crippen molar-refractivity contribution in [2.75, 3.05) is 11.4 Å². The van der Waals surface area contributed by atoms with Gasteiger partial charge in [0.25, 0.3) is 5.91 Å². The van der Waals surface area contributed by atoms with Gasteiger partial charge in [0.05, 0.1) is 11.9 Å². The van der Waals surface area contributed by atoms with Crippen LogP contribution in [0.4, 0.5) is 5.69 Å². The minimum Gasteiger partial charge on any atom is -0.305 e. The minimum atomic E-state index is -0.0901. The smallest absolute Gasteiger partial charge is 0.278 e. The van der Waals surface area contributed by atoms with E-state index in [2.05, 4.69) is 16.9 Å². The number of carbonyl (C=O) groups excluding carboxylic acids is 1. The highest BCUT2D eigenvalue weighted by Crippen LogP contribution is 2.38. The number of para-hydroxylation sites is 1. The van der Waals surface area contributed by atoms with Crippen LogP contribution in [0.3, 0.4) is 0 Å². The van der Waals surface area contributed by atoms with Crippen molar-refractivity contribution in [1.29, 1.82) is 0 Å². The number of fused-ring (bicyclic) bond motifs is 1. The standard InChI is InChI=1S/C14H13N3OS/c1-10-9-17(12-4-2-3-5-13(12)19-10)14(18)11-8-15-6-7-16-11/h2-8,10H,9H2,1H3. The summed E-state index contributed by atoms with van der Waals surface area (Å²) in [6.45, 7) is 2.81. The zero-order valence-electron chi connectivity index (χ0n) is 10.5. The van der Waals surface area contributed by atoms with E-state index in [0.29, 0.717) is 17.5 Å². The van der Waals surface area contributed by atoms with E-state index in [1.807, 2.05) is 24.3 Å². The molecule has 0 aliphatic carbocycles. The fourth-order valence-corrected chi connectivity index (χ4v) is 3.24. The molecule has 1 unspecified atom stereocenters. The number of nitrogens with zero attached hydrogens (tertiary/aromatic N) is 3. The number of hydrogen-bond donors (Lipinski definition) is 0. The summed E-state index contributed by atoms with van der Waals surface area (Å²) in [5, 5.41) is 0.371. The van der Waals surface area contributed by atoms with Gasteiger partial charge in [-0.1, -0.05) is 19.1 Å². The lowest BCUT2D eigenvalue weighted by Gasteiger charge is -2.32. The summed E-state index contributed by atoms with van der Waals surface area (Å²) in [6, 6.07) is 7.97. The Bertz CT molecular complexity index is 603. The van der Waals surface area contributed by atoms with Crippen LogP contribution in [0.2, 0.25) is 0 Å². The van der Waals surface area contributed by atoms with Crippen molar-refractivity contribution in [2.24, 2.45) is 0 Å². The van der Waals surface area contributed by atoms with Crippen molar-refractivity contribution >= 4 is 23.4 Å². The van der Waals surface area contributed by atoms with Gasteiger partial charge in [-0.15, -0.1) is 11.8 Å². The number of benzene rings is 1. The summed E-state index contributed by atoms with van der Waals surface area (Å²) >= 11 is 1.80. The van der Waals surface area contributed by atoms with Gasteiger partial charge in [0.1, 0.15) is 5.69 Å². The van der Waals surface area contributed by atoms with Crippen molar-refractivity contribution in [2.45, 2.75) is 17.1 Å². The summed E-state index contributed by atoms with van der Waals surface area (Å²) in [4.78, 5) is 23.5. The molecule has 0 saturated carbocycles. The number of amides is 1. The van der Waals surface area contributed by atoms with E-state index in [4.69, 9.17) is 0 Å². The first-order valence-electron chi connectivity index (χ1n) is 6.09. The molecule has 5 heteroatoms. The number of anilines is 1. The number of hydrogen-bond acceptors (Lipinski definition) is 4. The van der Waals surface area contributed by atoms with Gasteiger partial charge in [-0.05, 0) is 12.1 Å². The van der Waals surface area contributed by atoms with Crippen molar-refractivity contribution in [3.05, 3.63) is 48.5 Å². The van der Waals surface area contributed by atoms with E-state index < -0.39 is 0 Å². The Morgan fingerprint density at radius 3 is 3.00 bits per heavy atom. The van der Waals surface area contributed by atoms with Gasteiger partial charge in [-0.25, -0.2) is 4.98 Å². The largest absolute Gasteiger partial charge is 0.305 e. The van der Waals surface area contributed by atoms with Crippen LogP contribution in [0, 0.1) is 0 Å². The Hall–Kier alpha value is -1.88. The van der Waals surface area contributed by atoms with E-state index in [0.717, 1.165) is 10.6 Å². The van der Waals surface area contributed by atoms with E-state index in [1.165, 1.54) is 6.20 Å². The summed E-state index contributed by atoms with van der Waals surface area (Å²) in [7, 11) is 0. The molecule has 1 aromatic carbocycles. The van der Waals surface area contributed by atoms with Crippen molar-refractivity contribution in [3.8, 4) is 0 Å². The van der Waals surface area contributed by atoms with E-state index in [1.54, 1.807) is 29.1 Å². The van der Waals surface area contributed by atoms with Crippen molar-refractivity contribution in [1.82, 2.24) is 9.97 Å². The maximum Gasteiger partial charge on any atom is 0.278 e. The number of rotatable bonds is 1. The molecule has 1 amide bonds. The maximum absolute atomic E-state index is 12.5. The second-order valence-electron chi connectivity index (χ2n) is 4.40. The molecule has 0 spiro atoms. The Kier molecular flexibility index (Phi) is 3.21. The third-order valence-electron chi connectivity index (χ3n) is 2.95. The summed E-state index contributed by atoms with van der Waals surface area (Å²) < 4.78 is 0. The molecule has 0 fully saturated rings. The Labute approximate surface area is 115 Å². The minimum absolute atomic E-state index is 0.0901. The second-order valence-corrected chi connectivity index (χ2v) is 5.88. The highest BCUT2D eigenvalue weighted by molar-refractivity contribution is 8.00. The summed E-state index contributed by atoms with van der Waals surface area (Å²) in [5.41, 5.74) is 1.35. The van der Waals surface area contributed by atoms with Crippen LogP contribution in [-0.4, -0.2) is 27.7 Å². The molecule has 0 N–H and O–H groups in total. The molecule has 96 valence electrons. The quantitative estimate of drug-likeness (QED) is 0.800. The van der Waals surface area contributed by atoms with Crippen LogP contribution in [0.25, 0.3) is 0 Å². The average Bonchev–Trinajstić information content (AvgIpc) is 2.46. The first kappa shape index (κ1) is 12.2. The number of thioether (sulfide) groups is 1. The first-order chi connectivity index (χ1) is 9.25. The van der Waals surface area contributed by atoms with Crippen LogP contribution in [0.15, 0.2) is 47.8 Å². The number of carbonyl (C=O) groups is 1. The monoisotopic (exact) mass is 271 g/mol. The predicted molar refractivity (Wildman–Crippen MR) is 75.5 cm³/mol. The Morgan fingerprint density at radius 1 is 1.37 bits per heavy atom. The first-order valence-corrected chi connectivity index (χ1v) is 6.97. The second kappa shape index (κ2) is 5.01. The lowest BCUT2D eigenvalue weighted by atomic mass is 10.2. The van der Waals surface area contributed by atoms with Gasteiger partial charge < -0.3 is 4.90 Å². The molecule has 1 atom stereocenters. The van der Waals surface area contributed by atoms with Crippen LogP contribution < -0.4 is 4.90 Å². The van der Waals surface area contributed by atoms with Crippen LogP contribution in [0.1, 0.15) is 17.4 Å². The lowest BCUT2D eigenvalue weighted by Crippen LogP contribution is -2.38. The normalized spacial score (nSPS) is 17.9. The molecule has 2 heterocycles. The topological polar surface area (TPSA) is 46.1 Å². The molecule has 1 aliphatic rings. The fraction of sp³-hybridized carbons (Fsp3) is 0.214. The van der Waals surface area contributed by atoms with Crippen LogP contribution in [-0.2, 0) is 0 Å². The van der Waals surface area contributed by atoms with Gasteiger partial charge in [0.15, 0.2) is 0 Å². The Balaban J connectivity index is 1.99. The molecule has 1 aliphatic heterocycles. The third-order valence-corrected chi connectivity index (χ3v) is 4.10. The highest BCUT2D eigenvalue weighted by atomic mass is 32.2. The molecule has 0 saturated heterocycles. The predicted octanol–water partition coefficient (Wildman–Crippen LogP) is 2.62. The maximum atomic E-state index is 12.5. The lowest BCUT2D eigenvalue weighted by molar-refractivity contribution is 0.0981. The molecule has 2 aromatic rings. The average molecular weight is 271 g/mol. The zero-order chi connectivity index (χ0) is 13.2. The molecule has 1 aromatic heterocycles. The van der Waals surface area contributed by atoms with Crippen LogP contribution in [0.5, 0.6) is 0 Å². The van der Waals surface area contributed by atoms with E-state index in [9.17, 15) is 4.79 Å².